The lowest BCUT2D eigenvalue weighted by Crippen LogP contribution is -2.44. The van der Waals surface area contributed by atoms with Crippen LogP contribution >= 0.6 is 0 Å². The molecule has 1 aromatic carbocycles. The molecule has 0 bridgehead atoms. The first-order valence-corrected chi connectivity index (χ1v) is 9.78. The Morgan fingerprint density at radius 1 is 1.15 bits per heavy atom. The third-order valence-corrected chi connectivity index (χ3v) is 5.81. The molecule has 6 heteroatoms. The summed E-state index contributed by atoms with van der Waals surface area (Å²) in [7, 11) is 3.06. The van der Waals surface area contributed by atoms with Gasteiger partial charge in [0.2, 0.25) is 5.91 Å². The van der Waals surface area contributed by atoms with Crippen molar-refractivity contribution in [2.45, 2.75) is 64.1 Å². The summed E-state index contributed by atoms with van der Waals surface area (Å²) in [5.41, 5.74) is 2.27. The van der Waals surface area contributed by atoms with E-state index >= 15 is 0 Å². The molecular formula is C21H29N3O3. The number of carbonyl (C=O) groups excluding carboxylic acids is 3. The third-order valence-electron chi connectivity index (χ3n) is 5.81. The Morgan fingerprint density at radius 2 is 1.85 bits per heavy atom. The van der Waals surface area contributed by atoms with Crippen LogP contribution in [0.25, 0.3) is 0 Å². The van der Waals surface area contributed by atoms with Crippen LogP contribution in [0.4, 0.5) is 4.79 Å². The van der Waals surface area contributed by atoms with E-state index in [1.165, 1.54) is 23.9 Å². The lowest BCUT2D eigenvalue weighted by molar-refractivity contribution is -0.139. The Bertz CT molecular complexity index is 727. The Hall–Kier alpha value is -2.37. The van der Waals surface area contributed by atoms with Gasteiger partial charge in [0.1, 0.15) is 6.04 Å². The van der Waals surface area contributed by atoms with Gasteiger partial charge in [-0.15, -0.1) is 0 Å². The van der Waals surface area contributed by atoms with E-state index in [0.29, 0.717) is 6.54 Å². The molecule has 2 fully saturated rings. The molecule has 0 spiro atoms. The highest BCUT2D eigenvalue weighted by Crippen LogP contribution is 2.26. The summed E-state index contributed by atoms with van der Waals surface area (Å²) in [6.07, 6.45) is 5.53. The van der Waals surface area contributed by atoms with Crippen molar-refractivity contribution < 1.29 is 14.4 Å². The van der Waals surface area contributed by atoms with E-state index < -0.39 is 6.04 Å². The van der Waals surface area contributed by atoms with Crippen LogP contribution < -0.4 is 0 Å². The molecule has 0 N–H and O–H groups in total. The molecule has 3 rings (SSSR count). The van der Waals surface area contributed by atoms with E-state index in [-0.39, 0.29) is 30.3 Å². The van der Waals surface area contributed by atoms with Crippen LogP contribution in [0.3, 0.4) is 0 Å². The summed E-state index contributed by atoms with van der Waals surface area (Å²) in [6.45, 7) is 2.60. The maximum atomic E-state index is 13.2. The minimum Gasteiger partial charge on any atom is -0.335 e. The molecule has 27 heavy (non-hydrogen) atoms. The number of rotatable bonds is 5. The summed E-state index contributed by atoms with van der Waals surface area (Å²) < 4.78 is 0. The SMILES string of the molecule is Cc1cccc(CN(C(=O)CC2C(=O)N(C)C(=O)N2C)C2CCCCC2)c1. The van der Waals surface area contributed by atoms with Gasteiger partial charge in [0.15, 0.2) is 0 Å². The normalized spacial score (nSPS) is 21.1. The van der Waals surface area contributed by atoms with Crippen molar-refractivity contribution in [1.82, 2.24) is 14.7 Å². The lowest BCUT2D eigenvalue weighted by Gasteiger charge is -2.35. The molecule has 4 amide bonds. The number of urea groups is 1. The van der Waals surface area contributed by atoms with Crippen molar-refractivity contribution >= 4 is 17.8 Å². The first kappa shape index (κ1) is 19.4. The smallest absolute Gasteiger partial charge is 0.326 e. The predicted molar refractivity (Wildman–Crippen MR) is 103 cm³/mol. The van der Waals surface area contributed by atoms with Gasteiger partial charge in [-0.25, -0.2) is 4.79 Å². The minimum atomic E-state index is -0.696. The highest BCUT2D eigenvalue weighted by molar-refractivity contribution is 6.05. The number of hydrogen-bond donors (Lipinski definition) is 0. The van der Waals surface area contributed by atoms with Crippen LogP contribution in [0.1, 0.15) is 49.7 Å². The molecule has 2 aliphatic rings. The predicted octanol–water partition coefficient (Wildman–Crippen LogP) is 2.94. The fraction of sp³-hybridized carbons (Fsp3) is 0.571. The van der Waals surface area contributed by atoms with Crippen LogP contribution in [-0.4, -0.2) is 58.7 Å². The summed E-state index contributed by atoms with van der Waals surface area (Å²) in [4.78, 5) is 42.0. The Labute approximate surface area is 161 Å². The molecule has 1 aromatic rings. The van der Waals surface area contributed by atoms with Crippen molar-refractivity contribution in [2.75, 3.05) is 14.1 Å². The quantitative estimate of drug-likeness (QED) is 0.748. The van der Waals surface area contributed by atoms with Crippen molar-refractivity contribution in [3.63, 3.8) is 0 Å². The average Bonchev–Trinajstić information content (AvgIpc) is 2.84. The topological polar surface area (TPSA) is 60.9 Å². The van der Waals surface area contributed by atoms with E-state index in [2.05, 4.69) is 6.07 Å². The molecule has 1 aliphatic carbocycles. The number of hydrogen-bond acceptors (Lipinski definition) is 3. The Balaban J connectivity index is 1.78. The number of carbonyl (C=O) groups is 3. The van der Waals surface area contributed by atoms with Gasteiger partial charge in [0.05, 0.1) is 6.42 Å². The second-order valence-corrected chi connectivity index (χ2v) is 7.81. The van der Waals surface area contributed by atoms with Crippen LogP contribution in [0, 0.1) is 6.92 Å². The standard InChI is InChI=1S/C21H29N3O3/c1-15-8-7-9-16(12-15)14-24(17-10-5-4-6-11-17)19(25)13-18-20(26)23(3)21(27)22(18)2/h7-9,12,17-18H,4-6,10-11,13-14H2,1-3H3. The van der Waals surface area contributed by atoms with Crippen LogP contribution in [0.2, 0.25) is 0 Å². The van der Waals surface area contributed by atoms with E-state index in [0.717, 1.165) is 36.1 Å². The zero-order valence-corrected chi connectivity index (χ0v) is 16.5. The molecule has 146 valence electrons. The highest BCUT2D eigenvalue weighted by Gasteiger charge is 2.42. The number of nitrogens with zero attached hydrogens (tertiary/aromatic N) is 3. The maximum Gasteiger partial charge on any atom is 0.326 e. The number of benzene rings is 1. The summed E-state index contributed by atoms with van der Waals surface area (Å²) in [5.74, 6) is -0.341. The van der Waals surface area contributed by atoms with Crippen LogP contribution in [0.15, 0.2) is 24.3 Å². The van der Waals surface area contributed by atoms with Crippen LogP contribution in [-0.2, 0) is 16.1 Å². The van der Waals surface area contributed by atoms with E-state index in [1.807, 2.05) is 30.0 Å². The van der Waals surface area contributed by atoms with Gasteiger partial charge >= 0.3 is 6.03 Å². The number of imide groups is 1. The van der Waals surface area contributed by atoms with Gasteiger partial charge in [-0.2, -0.15) is 0 Å². The van der Waals surface area contributed by atoms with Gasteiger partial charge < -0.3 is 9.80 Å². The van der Waals surface area contributed by atoms with Gasteiger partial charge in [0.25, 0.3) is 5.91 Å². The average molecular weight is 371 g/mol. The lowest BCUT2D eigenvalue weighted by atomic mass is 9.93. The first-order chi connectivity index (χ1) is 12.9. The minimum absolute atomic E-state index is 0.0447. The molecule has 1 aliphatic heterocycles. The molecule has 1 saturated carbocycles. The van der Waals surface area contributed by atoms with E-state index in [1.54, 1.807) is 7.05 Å². The summed E-state index contributed by atoms with van der Waals surface area (Å²) >= 11 is 0. The third kappa shape index (κ3) is 4.15. The van der Waals surface area contributed by atoms with E-state index in [9.17, 15) is 14.4 Å². The molecule has 1 unspecified atom stereocenters. The fourth-order valence-corrected chi connectivity index (χ4v) is 4.18. The van der Waals surface area contributed by atoms with Gasteiger partial charge in [-0.05, 0) is 25.3 Å². The second kappa shape index (κ2) is 8.11. The summed E-state index contributed by atoms with van der Waals surface area (Å²) in [5, 5.41) is 0. The zero-order chi connectivity index (χ0) is 19.6. The Kier molecular flexibility index (Phi) is 5.82. The number of likely N-dealkylation sites (N-methyl/N-ethyl adjacent to an activating group) is 2. The second-order valence-electron chi connectivity index (χ2n) is 7.81. The Morgan fingerprint density at radius 3 is 2.44 bits per heavy atom. The first-order valence-electron chi connectivity index (χ1n) is 9.78. The molecular weight excluding hydrogens is 342 g/mol. The molecule has 1 heterocycles. The van der Waals surface area contributed by atoms with Crippen molar-refractivity contribution in [2.24, 2.45) is 0 Å². The number of amides is 4. The largest absolute Gasteiger partial charge is 0.335 e. The van der Waals surface area contributed by atoms with Gasteiger partial charge in [-0.1, -0.05) is 49.1 Å². The summed E-state index contributed by atoms with van der Waals surface area (Å²) in [6, 6.07) is 7.37. The molecule has 0 aromatic heterocycles. The molecule has 6 nitrogen and oxygen atoms in total. The van der Waals surface area contributed by atoms with Crippen molar-refractivity contribution in [1.29, 1.82) is 0 Å². The fourth-order valence-electron chi connectivity index (χ4n) is 4.18. The van der Waals surface area contributed by atoms with Crippen molar-refractivity contribution in [3.05, 3.63) is 35.4 Å². The maximum absolute atomic E-state index is 13.2. The molecule has 1 atom stereocenters. The molecule has 0 radical (unpaired) electrons. The zero-order valence-electron chi connectivity index (χ0n) is 16.5. The van der Waals surface area contributed by atoms with Gasteiger partial charge in [-0.3, -0.25) is 14.5 Å². The van der Waals surface area contributed by atoms with E-state index in [4.69, 9.17) is 0 Å². The van der Waals surface area contributed by atoms with Crippen molar-refractivity contribution in [3.8, 4) is 0 Å². The monoisotopic (exact) mass is 371 g/mol. The van der Waals surface area contributed by atoms with Gasteiger partial charge in [0, 0.05) is 26.7 Å². The van der Waals surface area contributed by atoms with Crippen LogP contribution in [0.5, 0.6) is 0 Å². The molecule has 1 saturated heterocycles. The highest BCUT2D eigenvalue weighted by atomic mass is 16.2. The number of aryl methyl sites for hydroxylation is 1.